The maximum atomic E-state index is 13.0. The van der Waals surface area contributed by atoms with Crippen molar-refractivity contribution in [2.45, 2.75) is 6.61 Å². The minimum Gasteiger partial charge on any atom is -0.444 e. The average Bonchev–Trinajstić information content (AvgIpc) is 2.93. The van der Waals surface area contributed by atoms with Gasteiger partial charge in [-0.05, 0) is 29.8 Å². The van der Waals surface area contributed by atoms with Gasteiger partial charge in [-0.15, -0.1) is 0 Å². The highest BCUT2D eigenvalue weighted by atomic mass is 19.1. The van der Waals surface area contributed by atoms with Crippen LogP contribution in [-0.2, 0) is 11.3 Å². The van der Waals surface area contributed by atoms with Crippen LogP contribution < -0.4 is 5.32 Å². The Morgan fingerprint density at radius 3 is 3.10 bits per heavy atom. The maximum absolute atomic E-state index is 13.0. The molecule has 1 amide bonds. The van der Waals surface area contributed by atoms with E-state index in [0.29, 0.717) is 11.3 Å². The molecule has 21 heavy (non-hydrogen) atoms. The van der Waals surface area contributed by atoms with Crippen molar-refractivity contribution in [3.63, 3.8) is 0 Å². The predicted molar refractivity (Wildman–Crippen MR) is 76.3 cm³/mol. The summed E-state index contributed by atoms with van der Waals surface area (Å²) in [5, 5.41) is 3.46. The fourth-order valence-electron chi connectivity index (χ4n) is 1.94. The number of hydrogen-bond donors (Lipinski definition) is 2. The van der Waals surface area contributed by atoms with Gasteiger partial charge in [-0.1, -0.05) is 12.1 Å². The summed E-state index contributed by atoms with van der Waals surface area (Å²) in [6.07, 6.45) is 2.68. The summed E-state index contributed by atoms with van der Waals surface area (Å²) in [6, 6.07) is 9.54. The smallest absolute Gasteiger partial charge is 0.412 e. The van der Waals surface area contributed by atoms with E-state index >= 15 is 0 Å². The normalized spacial score (nSPS) is 10.5. The van der Waals surface area contributed by atoms with Gasteiger partial charge < -0.3 is 9.72 Å². The van der Waals surface area contributed by atoms with Crippen LogP contribution in [0.1, 0.15) is 5.56 Å². The fraction of sp³-hybridized carbons (Fsp3) is 0.0667. The Labute approximate surface area is 119 Å². The number of fused-ring (bicyclic) bond motifs is 1. The number of benzene rings is 1. The van der Waals surface area contributed by atoms with Gasteiger partial charge in [0, 0.05) is 11.6 Å². The minimum absolute atomic E-state index is 0.00339. The van der Waals surface area contributed by atoms with Crippen molar-refractivity contribution in [1.82, 2.24) is 9.97 Å². The monoisotopic (exact) mass is 285 g/mol. The Bertz CT molecular complexity index is 785. The quantitative estimate of drug-likeness (QED) is 0.774. The number of aromatic nitrogens is 2. The molecule has 3 aromatic rings. The Kier molecular flexibility index (Phi) is 3.51. The van der Waals surface area contributed by atoms with Crippen molar-refractivity contribution in [1.29, 1.82) is 0 Å². The van der Waals surface area contributed by atoms with Crippen LogP contribution >= 0.6 is 0 Å². The number of anilines is 1. The van der Waals surface area contributed by atoms with Gasteiger partial charge in [0.05, 0.1) is 11.9 Å². The number of nitrogens with zero attached hydrogens (tertiary/aromatic N) is 1. The molecule has 6 heteroatoms. The second-order valence-corrected chi connectivity index (χ2v) is 4.47. The number of carbonyl (C=O) groups is 1. The van der Waals surface area contributed by atoms with Gasteiger partial charge in [-0.3, -0.25) is 5.32 Å². The molecule has 0 aliphatic rings. The molecule has 2 aromatic heterocycles. The average molecular weight is 285 g/mol. The van der Waals surface area contributed by atoms with E-state index in [-0.39, 0.29) is 12.4 Å². The second-order valence-electron chi connectivity index (χ2n) is 4.47. The number of pyridine rings is 1. The van der Waals surface area contributed by atoms with Crippen LogP contribution in [0.2, 0.25) is 0 Å². The summed E-state index contributed by atoms with van der Waals surface area (Å²) in [5.41, 5.74) is 1.87. The molecule has 5 nitrogen and oxygen atoms in total. The van der Waals surface area contributed by atoms with Crippen molar-refractivity contribution >= 4 is 22.8 Å². The number of hydrogen-bond acceptors (Lipinski definition) is 3. The Balaban J connectivity index is 1.60. The van der Waals surface area contributed by atoms with E-state index in [0.717, 1.165) is 11.0 Å². The zero-order valence-corrected chi connectivity index (χ0v) is 11.0. The second kappa shape index (κ2) is 5.62. The molecular weight excluding hydrogens is 273 g/mol. The zero-order chi connectivity index (χ0) is 14.7. The molecule has 1 aromatic carbocycles. The summed E-state index contributed by atoms with van der Waals surface area (Å²) < 4.78 is 18.0. The summed E-state index contributed by atoms with van der Waals surface area (Å²) in [6.45, 7) is 0.00339. The highest BCUT2D eigenvalue weighted by Crippen LogP contribution is 2.15. The lowest BCUT2D eigenvalue weighted by molar-refractivity contribution is 0.155. The van der Waals surface area contributed by atoms with Crippen molar-refractivity contribution in [2.24, 2.45) is 0 Å². The zero-order valence-electron chi connectivity index (χ0n) is 11.0. The molecule has 0 unspecified atom stereocenters. The predicted octanol–water partition coefficient (Wildman–Crippen LogP) is 3.45. The van der Waals surface area contributed by atoms with Gasteiger partial charge >= 0.3 is 6.09 Å². The number of ether oxygens (including phenoxy) is 1. The molecule has 0 radical (unpaired) electrons. The maximum Gasteiger partial charge on any atom is 0.412 e. The van der Waals surface area contributed by atoms with Gasteiger partial charge in [0.15, 0.2) is 0 Å². The van der Waals surface area contributed by atoms with Crippen molar-refractivity contribution in [2.75, 3.05) is 5.32 Å². The SMILES string of the molecule is O=C(Nc1cnc2[nH]ccc2c1)OCc1cccc(F)c1. The lowest BCUT2D eigenvalue weighted by Crippen LogP contribution is -2.13. The van der Waals surface area contributed by atoms with E-state index in [9.17, 15) is 9.18 Å². The summed E-state index contributed by atoms with van der Waals surface area (Å²) in [4.78, 5) is 18.8. The molecule has 0 aliphatic carbocycles. The van der Waals surface area contributed by atoms with E-state index in [2.05, 4.69) is 15.3 Å². The molecule has 0 bridgehead atoms. The number of aromatic amines is 1. The third-order valence-corrected chi connectivity index (χ3v) is 2.91. The van der Waals surface area contributed by atoms with Crippen LogP contribution in [0.4, 0.5) is 14.9 Å². The molecule has 2 heterocycles. The van der Waals surface area contributed by atoms with Gasteiger partial charge in [-0.2, -0.15) is 0 Å². The first-order chi connectivity index (χ1) is 10.2. The van der Waals surface area contributed by atoms with E-state index in [1.165, 1.54) is 18.3 Å². The first-order valence-electron chi connectivity index (χ1n) is 6.32. The van der Waals surface area contributed by atoms with Crippen LogP contribution in [0.5, 0.6) is 0 Å². The minimum atomic E-state index is -0.615. The van der Waals surface area contributed by atoms with E-state index in [4.69, 9.17) is 4.74 Å². The molecule has 0 atom stereocenters. The van der Waals surface area contributed by atoms with Crippen molar-refractivity contribution < 1.29 is 13.9 Å². The molecule has 3 rings (SSSR count). The first kappa shape index (κ1) is 13.1. The molecule has 106 valence electrons. The van der Waals surface area contributed by atoms with Gasteiger partial charge in [0.1, 0.15) is 18.1 Å². The van der Waals surface area contributed by atoms with Crippen LogP contribution in [-0.4, -0.2) is 16.1 Å². The number of amides is 1. The number of halogens is 1. The third-order valence-electron chi connectivity index (χ3n) is 2.91. The Hall–Kier alpha value is -2.89. The Morgan fingerprint density at radius 2 is 2.24 bits per heavy atom. The number of carbonyl (C=O) groups excluding carboxylic acids is 1. The van der Waals surface area contributed by atoms with E-state index < -0.39 is 6.09 Å². The van der Waals surface area contributed by atoms with Crippen molar-refractivity contribution in [3.05, 3.63) is 60.2 Å². The number of rotatable bonds is 3. The highest BCUT2D eigenvalue weighted by Gasteiger charge is 2.06. The van der Waals surface area contributed by atoms with Gasteiger partial charge in [0.25, 0.3) is 0 Å². The molecule has 0 fully saturated rings. The van der Waals surface area contributed by atoms with Crippen LogP contribution in [0.3, 0.4) is 0 Å². The van der Waals surface area contributed by atoms with Crippen molar-refractivity contribution in [3.8, 4) is 0 Å². The lowest BCUT2D eigenvalue weighted by atomic mass is 10.2. The molecule has 0 spiro atoms. The highest BCUT2D eigenvalue weighted by molar-refractivity contribution is 5.88. The molecule has 2 N–H and O–H groups in total. The lowest BCUT2D eigenvalue weighted by Gasteiger charge is -2.07. The van der Waals surface area contributed by atoms with Gasteiger partial charge in [-0.25, -0.2) is 14.2 Å². The van der Waals surface area contributed by atoms with Crippen LogP contribution in [0, 0.1) is 5.82 Å². The van der Waals surface area contributed by atoms with E-state index in [1.807, 2.05) is 6.07 Å². The largest absolute Gasteiger partial charge is 0.444 e. The van der Waals surface area contributed by atoms with Gasteiger partial charge in [0.2, 0.25) is 0 Å². The Morgan fingerprint density at radius 1 is 1.33 bits per heavy atom. The standard InChI is InChI=1S/C15H12FN3O2/c16-12-3-1-2-10(6-12)9-21-15(20)19-13-7-11-4-5-17-14(11)18-8-13/h1-8H,9H2,(H,17,18)(H,19,20). The summed E-state index contributed by atoms with van der Waals surface area (Å²) in [7, 11) is 0. The number of nitrogens with one attached hydrogen (secondary N) is 2. The topological polar surface area (TPSA) is 67.0 Å². The van der Waals surface area contributed by atoms with E-state index in [1.54, 1.807) is 24.4 Å². The molecule has 0 saturated carbocycles. The first-order valence-corrected chi connectivity index (χ1v) is 6.32. The fourth-order valence-corrected chi connectivity index (χ4v) is 1.94. The van der Waals surface area contributed by atoms with Crippen LogP contribution in [0.25, 0.3) is 11.0 Å². The summed E-state index contributed by atoms with van der Waals surface area (Å²) >= 11 is 0. The molecule has 0 aliphatic heterocycles. The summed E-state index contributed by atoms with van der Waals surface area (Å²) in [5.74, 6) is -0.362. The van der Waals surface area contributed by atoms with Crippen LogP contribution in [0.15, 0.2) is 48.8 Å². The molecule has 0 saturated heterocycles. The molecular formula is C15H12FN3O2. The third kappa shape index (κ3) is 3.17. The number of H-pyrrole nitrogens is 1.